The van der Waals surface area contributed by atoms with E-state index in [1.54, 1.807) is 0 Å². The molecule has 8 heteroatoms. The maximum absolute atomic E-state index is 13.1. The lowest BCUT2D eigenvalue weighted by Gasteiger charge is -2.06. The number of hydrogen-bond donors (Lipinski definition) is 3. The Balaban J connectivity index is 0.000000655. The van der Waals surface area contributed by atoms with Gasteiger partial charge < -0.3 is 20.4 Å². The molecular weight excluding hydrogens is 466 g/mol. The van der Waals surface area contributed by atoms with Crippen LogP contribution in [-0.2, 0) is 17.9 Å². The summed E-state index contributed by atoms with van der Waals surface area (Å²) in [5.74, 6) is -0.833. The van der Waals surface area contributed by atoms with E-state index in [2.05, 4.69) is 20.6 Å². The van der Waals surface area contributed by atoms with Crippen molar-refractivity contribution in [2.75, 3.05) is 0 Å². The van der Waals surface area contributed by atoms with Crippen LogP contribution < -0.4 is 11.3 Å². The number of H-pyrrole nitrogens is 1. The molecule has 184 valence electrons. The fraction of sp³-hybridized carbons (Fsp3) is 0.103. The van der Waals surface area contributed by atoms with Gasteiger partial charge in [-0.3, -0.25) is 14.6 Å². The van der Waals surface area contributed by atoms with Crippen molar-refractivity contribution in [1.82, 2.24) is 19.5 Å². The quantitative estimate of drug-likeness (QED) is 0.307. The Morgan fingerprint density at radius 3 is 2.38 bits per heavy atom. The first kappa shape index (κ1) is 23.9. The smallest absolute Gasteiger partial charge is 0.300 e. The van der Waals surface area contributed by atoms with Gasteiger partial charge in [-0.2, -0.15) is 0 Å². The number of benzene rings is 3. The van der Waals surface area contributed by atoms with Gasteiger partial charge >= 0.3 is 0 Å². The first-order valence-corrected chi connectivity index (χ1v) is 11.8. The van der Waals surface area contributed by atoms with Crippen molar-refractivity contribution in [2.24, 2.45) is 5.73 Å². The monoisotopic (exact) mass is 491 g/mol. The molecule has 37 heavy (non-hydrogen) atoms. The summed E-state index contributed by atoms with van der Waals surface area (Å²) in [6.45, 7) is 2.06. The van der Waals surface area contributed by atoms with Gasteiger partial charge in [-0.25, -0.2) is 4.98 Å². The maximum atomic E-state index is 13.1. The van der Waals surface area contributed by atoms with Crippen LogP contribution in [-0.4, -0.2) is 30.6 Å². The number of aromatic amines is 1. The number of carboxylic acid groups (broad SMARTS) is 1. The SMILES string of the molecule is CC(=O)O.NCc1cccc(Cn2cc(-c3nc4cc5ccccc5cc4[nH]c3=O)c3ccccc32)n1. The van der Waals surface area contributed by atoms with Gasteiger partial charge in [-0.1, -0.05) is 48.5 Å². The minimum absolute atomic E-state index is 0.205. The Labute approximate surface area is 212 Å². The van der Waals surface area contributed by atoms with Gasteiger partial charge in [0, 0.05) is 36.1 Å². The number of hydrogen-bond acceptors (Lipinski definition) is 5. The summed E-state index contributed by atoms with van der Waals surface area (Å²) in [7, 11) is 0. The van der Waals surface area contributed by atoms with E-state index in [1.165, 1.54) is 0 Å². The summed E-state index contributed by atoms with van der Waals surface area (Å²) in [4.78, 5) is 34.6. The number of fused-ring (bicyclic) bond motifs is 3. The number of aliphatic carboxylic acids is 1. The second kappa shape index (κ2) is 10.0. The topological polar surface area (TPSA) is 127 Å². The van der Waals surface area contributed by atoms with Crippen LogP contribution in [0.4, 0.5) is 0 Å². The lowest BCUT2D eigenvalue weighted by molar-refractivity contribution is -0.134. The van der Waals surface area contributed by atoms with Gasteiger partial charge in [0.2, 0.25) is 0 Å². The van der Waals surface area contributed by atoms with E-state index >= 15 is 0 Å². The number of carboxylic acids is 1. The lowest BCUT2D eigenvalue weighted by Crippen LogP contribution is -2.11. The van der Waals surface area contributed by atoms with Crippen LogP contribution in [0.15, 0.2) is 89.9 Å². The number of para-hydroxylation sites is 1. The summed E-state index contributed by atoms with van der Waals surface area (Å²) in [6, 6.07) is 26.0. The summed E-state index contributed by atoms with van der Waals surface area (Å²) < 4.78 is 2.11. The molecule has 0 atom stereocenters. The van der Waals surface area contributed by atoms with Gasteiger partial charge in [0.1, 0.15) is 5.69 Å². The fourth-order valence-corrected chi connectivity index (χ4v) is 4.43. The molecule has 6 aromatic rings. The van der Waals surface area contributed by atoms with E-state index < -0.39 is 5.97 Å². The molecule has 0 fully saturated rings. The molecule has 3 heterocycles. The molecule has 4 N–H and O–H groups in total. The van der Waals surface area contributed by atoms with E-state index in [0.29, 0.717) is 18.8 Å². The van der Waals surface area contributed by atoms with Crippen LogP contribution in [0.1, 0.15) is 18.3 Å². The first-order chi connectivity index (χ1) is 17.9. The Hall–Kier alpha value is -4.82. The van der Waals surface area contributed by atoms with Crippen LogP contribution in [0.25, 0.3) is 44.0 Å². The molecule has 0 saturated heterocycles. The standard InChI is InChI=1S/C27H21N5O.C2H4O2/c28-14-19-8-5-9-20(29-19)15-32-16-22(21-10-3-4-11-25(21)32)26-27(33)31-24-13-18-7-2-1-6-17(18)12-23(24)30-26;1-2(3)4/h1-13,16H,14-15,28H2,(H,31,33);1H3,(H,3,4). The predicted octanol–water partition coefficient (Wildman–Crippen LogP) is 4.69. The average Bonchev–Trinajstić information content (AvgIpc) is 3.25. The number of carbonyl (C=O) groups is 1. The highest BCUT2D eigenvalue weighted by Crippen LogP contribution is 2.29. The molecule has 0 saturated carbocycles. The van der Waals surface area contributed by atoms with E-state index in [-0.39, 0.29) is 5.56 Å². The van der Waals surface area contributed by atoms with Gasteiger partial charge in [0.15, 0.2) is 0 Å². The minimum Gasteiger partial charge on any atom is -0.481 e. The van der Waals surface area contributed by atoms with Gasteiger partial charge in [-0.15, -0.1) is 0 Å². The zero-order chi connectivity index (χ0) is 25.9. The van der Waals surface area contributed by atoms with Crippen LogP contribution in [0.3, 0.4) is 0 Å². The Morgan fingerprint density at radius 2 is 1.62 bits per heavy atom. The van der Waals surface area contributed by atoms with Crippen LogP contribution >= 0.6 is 0 Å². The molecular formula is C29H25N5O3. The molecule has 0 aliphatic carbocycles. The van der Waals surface area contributed by atoms with Gasteiger partial charge in [-0.05, 0) is 41.1 Å². The predicted molar refractivity (Wildman–Crippen MR) is 145 cm³/mol. The van der Waals surface area contributed by atoms with Crippen molar-refractivity contribution in [3.05, 3.63) is 107 Å². The van der Waals surface area contributed by atoms with Crippen molar-refractivity contribution in [3.63, 3.8) is 0 Å². The molecule has 0 unspecified atom stereocenters. The highest BCUT2D eigenvalue weighted by atomic mass is 16.4. The molecule has 0 radical (unpaired) electrons. The third-order valence-electron chi connectivity index (χ3n) is 6.01. The number of rotatable bonds is 4. The summed E-state index contributed by atoms with van der Waals surface area (Å²) in [5.41, 5.74) is 11.1. The van der Waals surface area contributed by atoms with Crippen LogP contribution in [0, 0.1) is 0 Å². The van der Waals surface area contributed by atoms with E-state index in [1.807, 2.05) is 79.0 Å². The Bertz CT molecular complexity index is 1820. The molecule has 3 aromatic carbocycles. The number of nitrogens with zero attached hydrogens (tertiary/aromatic N) is 3. The third kappa shape index (κ3) is 4.96. The number of nitrogens with one attached hydrogen (secondary N) is 1. The van der Waals surface area contributed by atoms with Crippen molar-refractivity contribution in [2.45, 2.75) is 20.0 Å². The van der Waals surface area contributed by atoms with Crippen molar-refractivity contribution in [1.29, 1.82) is 0 Å². The summed E-state index contributed by atoms with van der Waals surface area (Å²) in [6.07, 6.45) is 1.99. The van der Waals surface area contributed by atoms with E-state index in [9.17, 15) is 4.79 Å². The average molecular weight is 492 g/mol. The second-order valence-electron chi connectivity index (χ2n) is 8.66. The molecule has 0 aliphatic heterocycles. The van der Waals surface area contributed by atoms with Crippen molar-refractivity contribution in [3.8, 4) is 11.3 Å². The van der Waals surface area contributed by atoms with Crippen molar-refractivity contribution >= 4 is 38.7 Å². The minimum atomic E-state index is -0.833. The maximum Gasteiger partial charge on any atom is 0.300 e. The molecule has 0 aliphatic rings. The number of aromatic nitrogens is 4. The molecule has 0 spiro atoms. The highest BCUT2D eigenvalue weighted by molar-refractivity contribution is 5.98. The number of nitrogens with two attached hydrogens (primary N) is 1. The molecule has 3 aromatic heterocycles. The summed E-state index contributed by atoms with van der Waals surface area (Å²) >= 11 is 0. The van der Waals surface area contributed by atoms with Crippen LogP contribution in [0.5, 0.6) is 0 Å². The van der Waals surface area contributed by atoms with Gasteiger partial charge in [0.05, 0.1) is 29.0 Å². The molecule has 8 nitrogen and oxygen atoms in total. The molecule has 0 amide bonds. The zero-order valence-corrected chi connectivity index (χ0v) is 20.2. The normalized spacial score (nSPS) is 11.0. The molecule has 0 bridgehead atoms. The largest absolute Gasteiger partial charge is 0.481 e. The fourth-order valence-electron chi connectivity index (χ4n) is 4.43. The second-order valence-corrected chi connectivity index (χ2v) is 8.66. The van der Waals surface area contributed by atoms with Gasteiger partial charge in [0.25, 0.3) is 11.5 Å². The highest BCUT2D eigenvalue weighted by Gasteiger charge is 2.16. The lowest BCUT2D eigenvalue weighted by atomic mass is 10.1. The Morgan fingerprint density at radius 1 is 0.946 bits per heavy atom. The first-order valence-electron chi connectivity index (χ1n) is 11.8. The third-order valence-corrected chi connectivity index (χ3v) is 6.01. The zero-order valence-electron chi connectivity index (χ0n) is 20.2. The van der Waals surface area contributed by atoms with Crippen LogP contribution in [0.2, 0.25) is 0 Å². The van der Waals surface area contributed by atoms with Crippen molar-refractivity contribution < 1.29 is 9.90 Å². The number of pyridine rings is 1. The van der Waals surface area contributed by atoms with E-state index in [4.69, 9.17) is 20.6 Å². The molecule has 6 rings (SSSR count). The Kier molecular flexibility index (Phi) is 6.49. The van der Waals surface area contributed by atoms with E-state index in [0.717, 1.165) is 56.6 Å². The summed E-state index contributed by atoms with van der Waals surface area (Å²) in [5, 5.41) is 10.5.